The molecule has 1 heterocycles. The van der Waals surface area contributed by atoms with Crippen LogP contribution in [0.3, 0.4) is 0 Å². The maximum absolute atomic E-state index is 13.4. The van der Waals surface area contributed by atoms with E-state index in [1.54, 1.807) is 47.6 Å². The first-order valence-electron chi connectivity index (χ1n) is 14.5. The number of nitrogens with one attached hydrogen (secondary N) is 3. The quantitative estimate of drug-likeness (QED) is 0.358. The lowest BCUT2D eigenvalue weighted by molar-refractivity contribution is -0.134. The molecule has 3 rings (SSSR count). The number of carbonyl (C=O) groups excluding carboxylic acids is 4. The molecule has 10 nitrogen and oxygen atoms in total. The van der Waals surface area contributed by atoms with E-state index in [9.17, 15) is 19.2 Å². The molecule has 2 aromatic carbocycles. The summed E-state index contributed by atoms with van der Waals surface area (Å²) in [7, 11) is 0. The van der Waals surface area contributed by atoms with Crippen molar-refractivity contribution in [1.29, 1.82) is 0 Å². The molecule has 3 N–H and O–H groups in total. The fourth-order valence-corrected chi connectivity index (χ4v) is 4.92. The first-order chi connectivity index (χ1) is 20.1. The first kappa shape index (κ1) is 33.9. The molecule has 1 aliphatic rings. The van der Waals surface area contributed by atoms with Crippen molar-refractivity contribution in [3.8, 4) is 0 Å². The van der Waals surface area contributed by atoms with Crippen LogP contribution in [0.4, 0.5) is 9.59 Å². The minimum absolute atomic E-state index is 0.185. The molecule has 0 spiro atoms. The van der Waals surface area contributed by atoms with Crippen molar-refractivity contribution in [2.45, 2.75) is 97.2 Å². The van der Waals surface area contributed by atoms with Gasteiger partial charge in [-0.1, -0.05) is 48.0 Å². The van der Waals surface area contributed by atoms with Gasteiger partial charge in [0.25, 0.3) is 0 Å². The van der Waals surface area contributed by atoms with E-state index in [0.29, 0.717) is 24.5 Å². The average Bonchev–Trinajstić information content (AvgIpc) is 3.34. The smallest absolute Gasteiger partial charge is 0.408 e. The number of rotatable bonds is 9. The molecule has 1 aliphatic heterocycles. The first-order valence-corrected chi connectivity index (χ1v) is 14.8. The van der Waals surface area contributed by atoms with E-state index in [-0.39, 0.29) is 13.0 Å². The van der Waals surface area contributed by atoms with Gasteiger partial charge in [0, 0.05) is 24.5 Å². The molecule has 0 aromatic heterocycles. The Morgan fingerprint density at radius 2 is 1.58 bits per heavy atom. The number of benzene rings is 2. The highest BCUT2D eigenvalue weighted by Crippen LogP contribution is 2.24. The molecular weight excluding hydrogens is 572 g/mol. The normalized spacial score (nSPS) is 16.2. The van der Waals surface area contributed by atoms with E-state index in [4.69, 9.17) is 21.1 Å². The summed E-state index contributed by atoms with van der Waals surface area (Å²) in [5.74, 6) is -1.06. The van der Waals surface area contributed by atoms with Crippen LogP contribution >= 0.6 is 11.6 Å². The van der Waals surface area contributed by atoms with Crippen LogP contribution in [0.15, 0.2) is 48.5 Å². The van der Waals surface area contributed by atoms with Gasteiger partial charge in [-0.05, 0) is 89.8 Å². The molecule has 1 fully saturated rings. The lowest BCUT2D eigenvalue weighted by atomic mass is 10.0. The Kier molecular flexibility index (Phi) is 11.6. The fraction of sp³-hybridized carbons (Fsp3) is 0.500. The zero-order valence-electron chi connectivity index (χ0n) is 25.8. The van der Waals surface area contributed by atoms with Crippen molar-refractivity contribution in [3.63, 3.8) is 0 Å². The van der Waals surface area contributed by atoms with E-state index in [1.807, 2.05) is 47.4 Å². The Labute approximate surface area is 258 Å². The average molecular weight is 615 g/mol. The lowest BCUT2D eigenvalue weighted by Crippen LogP contribution is -2.53. The summed E-state index contributed by atoms with van der Waals surface area (Å²) in [5, 5.41) is 8.45. The number of halogens is 1. The van der Waals surface area contributed by atoms with Gasteiger partial charge in [-0.2, -0.15) is 0 Å². The molecule has 0 unspecified atom stereocenters. The Bertz CT molecular complexity index is 1290. The zero-order valence-corrected chi connectivity index (χ0v) is 26.5. The molecule has 0 bridgehead atoms. The Morgan fingerprint density at radius 1 is 0.930 bits per heavy atom. The number of alkyl carbamates (subject to hydrolysis) is 2. The van der Waals surface area contributed by atoms with Crippen LogP contribution in [0.1, 0.15) is 71.1 Å². The van der Waals surface area contributed by atoms with Crippen molar-refractivity contribution in [2.75, 3.05) is 6.54 Å². The molecule has 1 saturated heterocycles. The minimum Gasteiger partial charge on any atom is -0.444 e. The fourth-order valence-electron chi connectivity index (χ4n) is 4.73. The molecular formula is C32H43ClN4O6. The van der Waals surface area contributed by atoms with Gasteiger partial charge in [-0.15, -0.1) is 0 Å². The van der Waals surface area contributed by atoms with Crippen LogP contribution < -0.4 is 16.0 Å². The molecule has 2 atom stereocenters. The van der Waals surface area contributed by atoms with Crippen LogP contribution in [0.2, 0.25) is 5.02 Å². The summed E-state index contributed by atoms with van der Waals surface area (Å²) in [5.41, 5.74) is 1.13. The SMILES string of the molecule is CC(C)(C)OC(=O)NCc1ccc(Cl)cc1CN1CCC[C@H]1C(=O)NC(=O)[C@@H](Cc1ccccc1)NC(=O)OC(C)(C)C. The van der Waals surface area contributed by atoms with Gasteiger partial charge < -0.3 is 20.1 Å². The summed E-state index contributed by atoms with van der Waals surface area (Å²) in [6.07, 6.45) is 0.238. The highest BCUT2D eigenvalue weighted by Gasteiger charge is 2.34. The van der Waals surface area contributed by atoms with Crippen LogP contribution in [0, 0.1) is 0 Å². The monoisotopic (exact) mass is 614 g/mol. The zero-order chi connectivity index (χ0) is 31.8. The van der Waals surface area contributed by atoms with Gasteiger partial charge in [0.1, 0.15) is 17.2 Å². The van der Waals surface area contributed by atoms with Gasteiger partial charge in [0.2, 0.25) is 11.8 Å². The Balaban J connectivity index is 1.69. The van der Waals surface area contributed by atoms with E-state index in [2.05, 4.69) is 16.0 Å². The number of hydrogen-bond donors (Lipinski definition) is 3. The predicted molar refractivity (Wildman–Crippen MR) is 164 cm³/mol. The van der Waals surface area contributed by atoms with Crippen molar-refractivity contribution in [2.24, 2.45) is 0 Å². The van der Waals surface area contributed by atoms with Crippen molar-refractivity contribution >= 4 is 35.6 Å². The van der Waals surface area contributed by atoms with Gasteiger partial charge in [-0.3, -0.25) is 19.8 Å². The summed E-state index contributed by atoms with van der Waals surface area (Å²) in [6.45, 7) is 11.8. The number of amides is 4. The van der Waals surface area contributed by atoms with E-state index < -0.39 is 47.3 Å². The molecule has 11 heteroatoms. The second-order valence-corrected chi connectivity index (χ2v) is 13.1. The summed E-state index contributed by atoms with van der Waals surface area (Å²) < 4.78 is 10.7. The Morgan fingerprint density at radius 3 is 2.23 bits per heavy atom. The summed E-state index contributed by atoms with van der Waals surface area (Å²) >= 11 is 6.30. The third-order valence-electron chi connectivity index (χ3n) is 6.57. The second-order valence-electron chi connectivity index (χ2n) is 12.6. The number of nitrogens with zero attached hydrogens (tertiary/aromatic N) is 1. The summed E-state index contributed by atoms with van der Waals surface area (Å²) in [6, 6.07) is 13.0. The van der Waals surface area contributed by atoms with Crippen molar-refractivity contribution in [1.82, 2.24) is 20.9 Å². The third kappa shape index (κ3) is 11.5. The highest BCUT2D eigenvalue weighted by molar-refractivity contribution is 6.30. The largest absolute Gasteiger partial charge is 0.444 e. The maximum atomic E-state index is 13.4. The molecule has 0 radical (unpaired) electrons. The number of carbonyl (C=O) groups is 4. The van der Waals surface area contributed by atoms with Gasteiger partial charge in [0.15, 0.2) is 0 Å². The minimum atomic E-state index is -1.02. The van der Waals surface area contributed by atoms with Gasteiger partial charge >= 0.3 is 12.2 Å². The van der Waals surface area contributed by atoms with E-state index >= 15 is 0 Å². The molecule has 0 aliphatic carbocycles. The van der Waals surface area contributed by atoms with Gasteiger partial charge in [0.05, 0.1) is 6.04 Å². The number of imide groups is 1. The van der Waals surface area contributed by atoms with Crippen molar-refractivity contribution in [3.05, 3.63) is 70.2 Å². The molecule has 43 heavy (non-hydrogen) atoms. The molecule has 0 saturated carbocycles. The van der Waals surface area contributed by atoms with Crippen LogP contribution in [-0.4, -0.2) is 58.7 Å². The lowest BCUT2D eigenvalue weighted by Gasteiger charge is -2.26. The summed E-state index contributed by atoms with van der Waals surface area (Å²) in [4.78, 5) is 53.5. The molecule has 234 valence electrons. The number of hydrogen-bond acceptors (Lipinski definition) is 7. The van der Waals surface area contributed by atoms with Crippen LogP contribution in [-0.2, 0) is 38.6 Å². The molecule has 2 aromatic rings. The predicted octanol–water partition coefficient (Wildman–Crippen LogP) is 5.11. The van der Waals surface area contributed by atoms with E-state index in [1.165, 1.54) is 0 Å². The molecule has 4 amide bonds. The van der Waals surface area contributed by atoms with Crippen LogP contribution in [0.25, 0.3) is 0 Å². The third-order valence-corrected chi connectivity index (χ3v) is 6.80. The Hall–Kier alpha value is -3.63. The number of likely N-dealkylation sites (tertiary alicyclic amines) is 1. The maximum Gasteiger partial charge on any atom is 0.408 e. The van der Waals surface area contributed by atoms with Crippen molar-refractivity contribution < 1.29 is 28.7 Å². The highest BCUT2D eigenvalue weighted by atomic mass is 35.5. The van der Waals surface area contributed by atoms with Gasteiger partial charge in [-0.25, -0.2) is 9.59 Å². The standard InChI is InChI=1S/C32H43ClN4O6/c1-31(2,3)42-29(40)34-19-22-14-15-24(33)18-23(22)20-37-16-10-13-26(37)28(39)36-27(38)25(17-21-11-8-7-9-12-21)35-30(41)43-32(4,5)6/h7-9,11-12,14-15,18,25-26H,10,13,16-17,19-20H2,1-6H3,(H,34,40)(H,35,41)(H,36,38,39)/t25-,26+/m1/s1. The number of ether oxygens (including phenoxy) is 2. The topological polar surface area (TPSA) is 126 Å². The second kappa shape index (κ2) is 14.7. The van der Waals surface area contributed by atoms with E-state index in [0.717, 1.165) is 23.1 Å². The van der Waals surface area contributed by atoms with Crippen LogP contribution in [0.5, 0.6) is 0 Å².